The topological polar surface area (TPSA) is 55.1 Å². The fourth-order valence-electron chi connectivity index (χ4n) is 2.27. The van der Waals surface area contributed by atoms with E-state index in [-0.39, 0.29) is 11.8 Å². The summed E-state index contributed by atoms with van der Waals surface area (Å²) < 4.78 is 0. The first-order valence-electron chi connectivity index (χ1n) is 6.72. The summed E-state index contributed by atoms with van der Waals surface area (Å²) in [7, 11) is 1.66. The number of carbonyl (C=O) groups excluding carboxylic acids is 1. The van der Waals surface area contributed by atoms with E-state index in [2.05, 4.69) is 36.5 Å². The third kappa shape index (κ3) is 3.38. The molecule has 20 heavy (non-hydrogen) atoms. The van der Waals surface area contributed by atoms with Crippen LogP contribution in [-0.4, -0.2) is 13.0 Å². The Hall–Kier alpha value is -2.29. The van der Waals surface area contributed by atoms with E-state index >= 15 is 0 Å². The zero-order valence-electron chi connectivity index (χ0n) is 11.9. The molecule has 2 aromatic rings. The summed E-state index contributed by atoms with van der Waals surface area (Å²) in [6.45, 7) is 2.05. The minimum Gasteiger partial charge on any atom is -0.399 e. The number of benzene rings is 2. The third-order valence-corrected chi connectivity index (χ3v) is 3.44. The van der Waals surface area contributed by atoms with Crippen LogP contribution in [0, 0.1) is 6.92 Å². The van der Waals surface area contributed by atoms with Crippen LogP contribution in [0.15, 0.2) is 48.5 Å². The van der Waals surface area contributed by atoms with Gasteiger partial charge in [-0.2, -0.15) is 0 Å². The van der Waals surface area contributed by atoms with Gasteiger partial charge >= 0.3 is 0 Å². The summed E-state index contributed by atoms with van der Waals surface area (Å²) in [5, 5.41) is 2.73. The predicted octanol–water partition coefficient (Wildman–Crippen LogP) is 2.65. The van der Waals surface area contributed by atoms with Crippen molar-refractivity contribution in [3.8, 4) is 0 Å². The fraction of sp³-hybridized carbons (Fsp3) is 0.235. The van der Waals surface area contributed by atoms with Crippen LogP contribution in [0.5, 0.6) is 0 Å². The minimum atomic E-state index is -0.216. The monoisotopic (exact) mass is 268 g/mol. The lowest BCUT2D eigenvalue weighted by Gasteiger charge is -2.16. The quantitative estimate of drug-likeness (QED) is 0.838. The summed E-state index contributed by atoms with van der Waals surface area (Å²) in [5.41, 5.74) is 9.81. The SMILES string of the molecule is CNC(=O)C(Cc1ccc(C)cc1)c1cccc(N)c1. The van der Waals surface area contributed by atoms with Crippen LogP contribution < -0.4 is 11.1 Å². The van der Waals surface area contributed by atoms with Gasteiger partial charge in [-0.15, -0.1) is 0 Å². The van der Waals surface area contributed by atoms with E-state index in [1.807, 2.05) is 24.3 Å². The van der Waals surface area contributed by atoms with Crippen molar-refractivity contribution in [2.75, 3.05) is 12.8 Å². The van der Waals surface area contributed by atoms with Gasteiger partial charge in [-0.1, -0.05) is 42.0 Å². The molecule has 3 N–H and O–H groups in total. The molecule has 3 nitrogen and oxygen atoms in total. The number of hydrogen-bond acceptors (Lipinski definition) is 2. The predicted molar refractivity (Wildman–Crippen MR) is 82.5 cm³/mol. The lowest BCUT2D eigenvalue weighted by atomic mass is 9.90. The standard InChI is InChI=1S/C17H20N2O/c1-12-6-8-13(9-7-12)10-16(17(20)19-2)14-4-3-5-15(18)11-14/h3-9,11,16H,10,18H2,1-2H3,(H,19,20). The first kappa shape index (κ1) is 14.1. The van der Waals surface area contributed by atoms with Crippen LogP contribution in [0.3, 0.4) is 0 Å². The lowest BCUT2D eigenvalue weighted by molar-refractivity contribution is -0.122. The number of nitrogens with one attached hydrogen (secondary N) is 1. The molecule has 0 aromatic heterocycles. The molecule has 1 unspecified atom stereocenters. The van der Waals surface area contributed by atoms with E-state index in [1.165, 1.54) is 5.56 Å². The van der Waals surface area contributed by atoms with Crippen LogP contribution in [0.25, 0.3) is 0 Å². The number of hydrogen-bond donors (Lipinski definition) is 2. The zero-order valence-corrected chi connectivity index (χ0v) is 11.9. The van der Waals surface area contributed by atoms with Crippen LogP contribution in [0.1, 0.15) is 22.6 Å². The van der Waals surface area contributed by atoms with Crippen molar-refractivity contribution in [1.29, 1.82) is 0 Å². The molecule has 2 rings (SSSR count). The molecule has 104 valence electrons. The molecule has 0 aliphatic heterocycles. The van der Waals surface area contributed by atoms with Gasteiger partial charge in [0, 0.05) is 12.7 Å². The van der Waals surface area contributed by atoms with Crippen molar-refractivity contribution in [3.05, 3.63) is 65.2 Å². The van der Waals surface area contributed by atoms with Gasteiger partial charge in [0.1, 0.15) is 0 Å². The Kier molecular flexibility index (Phi) is 4.41. The van der Waals surface area contributed by atoms with Gasteiger partial charge in [-0.3, -0.25) is 4.79 Å². The molecule has 0 aliphatic carbocycles. The molecule has 0 aliphatic rings. The van der Waals surface area contributed by atoms with Gasteiger partial charge in [0.2, 0.25) is 5.91 Å². The Morgan fingerprint density at radius 3 is 2.50 bits per heavy atom. The number of nitrogens with two attached hydrogens (primary N) is 1. The van der Waals surface area contributed by atoms with Crippen molar-refractivity contribution < 1.29 is 4.79 Å². The zero-order chi connectivity index (χ0) is 14.5. The van der Waals surface area contributed by atoms with E-state index in [4.69, 9.17) is 5.73 Å². The largest absolute Gasteiger partial charge is 0.399 e. The maximum Gasteiger partial charge on any atom is 0.227 e. The van der Waals surface area contributed by atoms with Crippen LogP contribution in [0.4, 0.5) is 5.69 Å². The second kappa shape index (κ2) is 6.24. The molecular formula is C17H20N2O. The van der Waals surface area contributed by atoms with Gasteiger partial charge in [0.15, 0.2) is 0 Å². The van der Waals surface area contributed by atoms with Gasteiger partial charge < -0.3 is 11.1 Å². The van der Waals surface area contributed by atoms with Crippen LogP contribution in [-0.2, 0) is 11.2 Å². The van der Waals surface area contributed by atoms with Crippen molar-refractivity contribution in [2.24, 2.45) is 0 Å². The molecule has 0 fully saturated rings. The van der Waals surface area contributed by atoms with Crippen molar-refractivity contribution >= 4 is 11.6 Å². The lowest BCUT2D eigenvalue weighted by Crippen LogP contribution is -2.27. The second-order valence-corrected chi connectivity index (χ2v) is 5.03. The summed E-state index contributed by atoms with van der Waals surface area (Å²) in [6.07, 6.45) is 0.670. The smallest absolute Gasteiger partial charge is 0.227 e. The molecule has 0 heterocycles. The first-order chi connectivity index (χ1) is 9.60. The number of nitrogen functional groups attached to an aromatic ring is 1. The molecule has 0 spiro atoms. The second-order valence-electron chi connectivity index (χ2n) is 5.03. The number of carbonyl (C=O) groups is 1. The maximum absolute atomic E-state index is 12.1. The summed E-state index contributed by atoms with van der Waals surface area (Å²) in [5.74, 6) is -0.206. The maximum atomic E-state index is 12.1. The number of anilines is 1. The Bertz CT molecular complexity index is 590. The van der Waals surface area contributed by atoms with Gasteiger partial charge in [0.05, 0.1) is 5.92 Å². The molecule has 3 heteroatoms. The molecule has 2 aromatic carbocycles. The van der Waals surface area contributed by atoms with E-state index in [1.54, 1.807) is 7.05 Å². The highest BCUT2D eigenvalue weighted by atomic mass is 16.1. The molecule has 1 atom stereocenters. The number of likely N-dealkylation sites (N-methyl/N-ethyl adjacent to an activating group) is 1. The summed E-state index contributed by atoms with van der Waals surface area (Å²) in [6, 6.07) is 15.8. The van der Waals surface area contributed by atoms with Crippen molar-refractivity contribution in [3.63, 3.8) is 0 Å². The summed E-state index contributed by atoms with van der Waals surface area (Å²) in [4.78, 5) is 12.1. The highest BCUT2D eigenvalue weighted by Gasteiger charge is 2.20. The molecule has 0 radical (unpaired) electrons. The molecule has 0 bridgehead atoms. The number of rotatable bonds is 4. The van der Waals surface area contributed by atoms with Gasteiger partial charge in [0.25, 0.3) is 0 Å². The van der Waals surface area contributed by atoms with E-state index in [0.717, 1.165) is 11.1 Å². The van der Waals surface area contributed by atoms with Crippen molar-refractivity contribution in [2.45, 2.75) is 19.3 Å². The summed E-state index contributed by atoms with van der Waals surface area (Å²) >= 11 is 0. The molecular weight excluding hydrogens is 248 g/mol. The number of aryl methyl sites for hydroxylation is 1. The molecule has 0 saturated carbocycles. The highest BCUT2D eigenvalue weighted by Crippen LogP contribution is 2.23. The Balaban J connectivity index is 2.28. The Morgan fingerprint density at radius 1 is 1.20 bits per heavy atom. The van der Waals surface area contributed by atoms with Gasteiger partial charge in [-0.05, 0) is 36.6 Å². The van der Waals surface area contributed by atoms with Crippen LogP contribution >= 0.6 is 0 Å². The molecule has 0 saturated heterocycles. The molecule has 1 amide bonds. The first-order valence-corrected chi connectivity index (χ1v) is 6.72. The average molecular weight is 268 g/mol. The Morgan fingerprint density at radius 2 is 1.90 bits per heavy atom. The van der Waals surface area contributed by atoms with E-state index < -0.39 is 0 Å². The third-order valence-electron chi connectivity index (χ3n) is 3.44. The Labute approximate surface area is 119 Å². The van der Waals surface area contributed by atoms with E-state index in [9.17, 15) is 4.79 Å². The minimum absolute atomic E-state index is 0.0103. The number of amides is 1. The van der Waals surface area contributed by atoms with Crippen molar-refractivity contribution in [1.82, 2.24) is 5.32 Å². The van der Waals surface area contributed by atoms with Gasteiger partial charge in [-0.25, -0.2) is 0 Å². The van der Waals surface area contributed by atoms with Crippen LogP contribution in [0.2, 0.25) is 0 Å². The van der Waals surface area contributed by atoms with E-state index in [0.29, 0.717) is 12.1 Å². The average Bonchev–Trinajstić information content (AvgIpc) is 2.46. The fourth-order valence-corrected chi connectivity index (χ4v) is 2.27. The normalized spacial score (nSPS) is 11.9. The highest BCUT2D eigenvalue weighted by molar-refractivity contribution is 5.84.